The first-order valence-electron chi connectivity index (χ1n) is 5.95. The minimum absolute atomic E-state index is 0.119. The third-order valence-corrected chi connectivity index (χ3v) is 3.67. The third-order valence-electron chi connectivity index (χ3n) is 3.67. The van der Waals surface area contributed by atoms with E-state index in [1.807, 2.05) is 6.92 Å². The van der Waals surface area contributed by atoms with Gasteiger partial charge >= 0.3 is 0 Å². The van der Waals surface area contributed by atoms with E-state index in [1.54, 1.807) is 25.7 Å². The predicted molar refractivity (Wildman–Crippen MR) is 64.5 cm³/mol. The van der Waals surface area contributed by atoms with Crippen molar-refractivity contribution < 1.29 is 14.3 Å². The molecule has 5 nitrogen and oxygen atoms in total. The number of hydrogen-bond donors (Lipinski definition) is 1. The van der Waals surface area contributed by atoms with E-state index in [0.717, 1.165) is 0 Å². The molecule has 98 valence electrons. The van der Waals surface area contributed by atoms with Gasteiger partial charge < -0.3 is 15.0 Å². The maximum absolute atomic E-state index is 12.5. The first-order valence-corrected chi connectivity index (χ1v) is 5.95. The highest BCUT2D eigenvalue weighted by atomic mass is 16.5. The topological polar surface area (TPSA) is 58.6 Å². The number of nitrogens with one attached hydrogen (secondary N) is 1. The van der Waals surface area contributed by atoms with Gasteiger partial charge in [-0.15, -0.1) is 0 Å². The van der Waals surface area contributed by atoms with Crippen molar-refractivity contribution in [3.05, 3.63) is 0 Å². The molecule has 1 aliphatic rings. The van der Waals surface area contributed by atoms with Crippen LogP contribution >= 0.6 is 0 Å². The van der Waals surface area contributed by atoms with Crippen molar-refractivity contribution in [2.75, 3.05) is 20.2 Å². The molecule has 1 saturated heterocycles. The van der Waals surface area contributed by atoms with Gasteiger partial charge in [-0.2, -0.15) is 0 Å². The van der Waals surface area contributed by atoms with Crippen molar-refractivity contribution in [2.45, 2.75) is 45.3 Å². The lowest BCUT2D eigenvalue weighted by Gasteiger charge is -2.44. The molecule has 1 heterocycles. The Bertz CT molecular complexity index is 322. The number of carbonyl (C=O) groups is 2. The van der Waals surface area contributed by atoms with Gasteiger partial charge in [0.25, 0.3) is 5.91 Å². The van der Waals surface area contributed by atoms with Gasteiger partial charge in [-0.25, -0.2) is 0 Å². The van der Waals surface area contributed by atoms with Crippen molar-refractivity contribution in [1.82, 2.24) is 10.2 Å². The Balaban J connectivity index is 2.99. The van der Waals surface area contributed by atoms with Crippen molar-refractivity contribution in [1.29, 1.82) is 0 Å². The summed E-state index contributed by atoms with van der Waals surface area (Å²) >= 11 is 0. The minimum atomic E-state index is -0.852. The Hall–Kier alpha value is -1.10. The number of carbonyl (C=O) groups excluding carboxylic acids is 2. The maximum Gasteiger partial charge on any atom is 0.255 e. The molecular formula is C12H22N2O3. The molecule has 0 aromatic carbocycles. The van der Waals surface area contributed by atoms with Crippen LogP contribution in [-0.4, -0.2) is 48.1 Å². The molecule has 0 aromatic rings. The smallest absolute Gasteiger partial charge is 0.255 e. The molecule has 5 heteroatoms. The predicted octanol–water partition coefficient (Wildman–Crippen LogP) is 0.539. The van der Waals surface area contributed by atoms with E-state index < -0.39 is 11.1 Å². The Morgan fingerprint density at radius 2 is 2.18 bits per heavy atom. The average molecular weight is 242 g/mol. The van der Waals surface area contributed by atoms with E-state index in [2.05, 4.69) is 5.32 Å². The molecular weight excluding hydrogens is 220 g/mol. The molecule has 0 saturated carbocycles. The highest BCUT2D eigenvalue weighted by Crippen LogP contribution is 2.25. The lowest BCUT2D eigenvalue weighted by Crippen LogP contribution is -2.66. The van der Waals surface area contributed by atoms with Crippen LogP contribution in [0.1, 0.15) is 34.1 Å². The van der Waals surface area contributed by atoms with Crippen molar-refractivity contribution in [3.8, 4) is 0 Å². The number of piperazine rings is 1. The Morgan fingerprint density at radius 3 is 2.65 bits per heavy atom. The largest absolute Gasteiger partial charge is 0.369 e. The van der Waals surface area contributed by atoms with Gasteiger partial charge in [0.15, 0.2) is 0 Å². The number of methoxy groups -OCH3 is 1. The monoisotopic (exact) mass is 242 g/mol. The Kier molecular flexibility index (Phi) is 3.81. The summed E-state index contributed by atoms with van der Waals surface area (Å²) in [5, 5.41) is 2.77. The first kappa shape index (κ1) is 14.0. The standard InChI is InChI=1S/C12H22N2O3/c1-6-12(4,17-5)10(16)14-8-7-13-9(15)11(14,2)3/h6-8H2,1-5H3,(H,13,15). The lowest BCUT2D eigenvalue weighted by molar-refractivity contribution is -0.165. The zero-order valence-electron chi connectivity index (χ0n) is 11.3. The maximum atomic E-state index is 12.5. The van der Waals surface area contributed by atoms with Crippen LogP contribution in [0.4, 0.5) is 0 Å². The molecule has 0 aliphatic carbocycles. The summed E-state index contributed by atoms with van der Waals surface area (Å²) in [7, 11) is 1.53. The highest BCUT2D eigenvalue weighted by Gasteiger charge is 2.46. The number of ether oxygens (including phenoxy) is 1. The van der Waals surface area contributed by atoms with Gasteiger partial charge in [0.1, 0.15) is 11.1 Å². The summed E-state index contributed by atoms with van der Waals surface area (Å²) in [4.78, 5) is 25.9. The first-order chi connectivity index (χ1) is 7.79. The van der Waals surface area contributed by atoms with Crippen molar-refractivity contribution in [2.24, 2.45) is 0 Å². The van der Waals surface area contributed by atoms with Crippen LogP contribution in [0.5, 0.6) is 0 Å². The molecule has 2 amide bonds. The van der Waals surface area contributed by atoms with Crippen molar-refractivity contribution in [3.63, 3.8) is 0 Å². The van der Waals surface area contributed by atoms with E-state index in [-0.39, 0.29) is 11.8 Å². The van der Waals surface area contributed by atoms with E-state index in [9.17, 15) is 9.59 Å². The second-order valence-corrected chi connectivity index (χ2v) is 5.06. The summed E-state index contributed by atoms with van der Waals surface area (Å²) in [5.41, 5.74) is -1.67. The number of nitrogens with zero attached hydrogens (tertiary/aromatic N) is 1. The number of hydrogen-bond acceptors (Lipinski definition) is 3. The zero-order valence-corrected chi connectivity index (χ0v) is 11.3. The van der Waals surface area contributed by atoms with Crippen LogP contribution in [0.3, 0.4) is 0 Å². The van der Waals surface area contributed by atoms with Gasteiger partial charge in [0.05, 0.1) is 0 Å². The highest BCUT2D eigenvalue weighted by molar-refractivity contribution is 5.94. The fourth-order valence-electron chi connectivity index (χ4n) is 1.92. The average Bonchev–Trinajstić information content (AvgIpc) is 2.30. The second kappa shape index (κ2) is 4.64. The Labute approximate surface area is 102 Å². The van der Waals surface area contributed by atoms with Crippen LogP contribution in [0, 0.1) is 0 Å². The molecule has 1 atom stereocenters. The van der Waals surface area contributed by atoms with Crippen LogP contribution in [0.25, 0.3) is 0 Å². The summed E-state index contributed by atoms with van der Waals surface area (Å²) in [6.07, 6.45) is 0.580. The van der Waals surface area contributed by atoms with Gasteiger partial charge in [0, 0.05) is 20.2 Å². The van der Waals surface area contributed by atoms with Gasteiger partial charge in [-0.3, -0.25) is 9.59 Å². The van der Waals surface area contributed by atoms with Crippen molar-refractivity contribution >= 4 is 11.8 Å². The molecule has 1 N–H and O–H groups in total. The fraction of sp³-hybridized carbons (Fsp3) is 0.833. The van der Waals surface area contributed by atoms with E-state index in [0.29, 0.717) is 19.5 Å². The molecule has 0 aromatic heterocycles. The van der Waals surface area contributed by atoms with E-state index in [4.69, 9.17) is 4.74 Å². The van der Waals surface area contributed by atoms with E-state index in [1.165, 1.54) is 7.11 Å². The third kappa shape index (κ3) is 2.29. The van der Waals surface area contributed by atoms with Crippen LogP contribution < -0.4 is 5.32 Å². The van der Waals surface area contributed by atoms with Gasteiger partial charge in [0.2, 0.25) is 5.91 Å². The normalized spacial score (nSPS) is 22.9. The molecule has 1 fully saturated rings. The summed E-state index contributed by atoms with van der Waals surface area (Å²) < 4.78 is 5.31. The molecule has 1 unspecified atom stereocenters. The molecule has 17 heavy (non-hydrogen) atoms. The minimum Gasteiger partial charge on any atom is -0.369 e. The molecule has 0 spiro atoms. The van der Waals surface area contributed by atoms with E-state index >= 15 is 0 Å². The molecule has 0 bridgehead atoms. The summed E-state index contributed by atoms with van der Waals surface area (Å²) in [6.45, 7) is 8.20. The molecule has 0 radical (unpaired) electrons. The Morgan fingerprint density at radius 1 is 1.59 bits per heavy atom. The quantitative estimate of drug-likeness (QED) is 0.785. The summed E-state index contributed by atoms with van der Waals surface area (Å²) in [6, 6.07) is 0. The van der Waals surface area contributed by atoms with Gasteiger partial charge in [-0.1, -0.05) is 6.92 Å². The van der Waals surface area contributed by atoms with Crippen LogP contribution in [0.2, 0.25) is 0 Å². The fourth-order valence-corrected chi connectivity index (χ4v) is 1.92. The van der Waals surface area contributed by atoms with Crippen LogP contribution in [0.15, 0.2) is 0 Å². The SMILES string of the molecule is CCC(C)(OC)C(=O)N1CCNC(=O)C1(C)C. The van der Waals surface area contributed by atoms with Gasteiger partial charge in [-0.05, 0) is 27.2 Å². The lowest BCUT2D eigenvalue weighted by atomic mass is 9.93. The zero-order chi connectivity index (χ0) is 13.3. The molecule has 1 aliphatic heterocycles. The summed E-state index contributed by atoms with van der Waals surface area (Å²) in [5.74, 6) is -0.242. The number of rotatable bonds is 3. The van der Waals surface area contributed by atoms with Crippen LogP contribution in [-0.2, 0) is 14.3 Å². The molecule has 1 rings (SSSR count). The number of amides is 2. The second-order valence-electron chi connectivity index (χ2n) is 5.06.